The fourth-order valence-electron chi connectivity index (χ4n) is 3.55. The first-order chi connectivity index (χ1) is 19.9. The van der Waals surface area contributed by atoms with Crippen molar-refractivity contribution >= 4 is 65.4 Å². The van der Waals surface area contributed by atoms with Crippen LogP contribution in [-0.4, -0.2) is 50.7 Å². The van der Waals surface area contributed by atoms with Gasteiger partial charge in [0.15, 0.2) is 10.3 Å². The van der Waals surface area contributed by atoms with Gasteiger partial charge in [-0.1, -0.05) is 34.8 Å². The van der Waals surface area contributed by atoms with Gasteiger partial charge in [-0.25, -0.2) is 34.5 Å². The number of imidazole rings is 3. The van der Waals surface area contributed by atoms with Crippen molar-refractivity contribution in [3.63, 3.8) is 0 Å². The molecule has 206 valence electrons. The van der Waals surface area contributed by atoms with Crippen molar-refractivity contribution in [2.75, 3.05) is 11.1 Å². The van der Waals surface area contributed by atoms with Gasteiger partial charge in [0.05, 0.1) is 20.4 Å². The van der Waals surface area contributed by atoms with Crippen molar-refractivity contribution in [3.05, 3.63) is 104 Å². The summed E-state index contributed by atoms with van der Waals surface area (Å²) < 4.78 is 6.36. The van der Waals surface area contributed by atoms with Crippen LogP contribution in [-0.2, 0) is 0 Å². The maximum atomic E-state index is 11.8. The minimum Gasteiger partial charge on any atom is -0.375 e. The number of thiazole rings is 2. The molecule has 0 bridgehead atoms. The highest BCUT2D eigenvalue weighted by molar-refractivity contribution is 7.22. The molecule has 1 amide bonds. The molecule has 0 unspecified atom stereocenters. The summed E-state index contributed by atoms with van der Waals surface area (Å²) in [6.45, 7) is 4.10. The van der Waals surface area contributed by atoms with E-state index in [4.69, 9.17) is 5.73 Å². The highest BCUT2D eigenvalue weighted by Crippen LogP contribution is 2.27. The van der Waals surface area contributed by atoms with Gasteiger partial charge in [0.25, 0.3) is 0 Å². The Morgan fingerprint density at radius 3 is 1.78 bits per heavy atom. The normalized spacial score (nSPS) is 10.5. The summed E-state index contributed by atoms with van der Waals surface area (Å²) in [6, 6.07) is 11.7. The molecule has 0 saturated carbocycles. The van der Waals surface area contributed by atoms with Gasteiger partial charge in [-0.3, -0.25) is 19.0 Å². The molecule has 0 radical (unpaired) electrons. The van der Waals surface area contributed by atoms with Gasteiger partial charge in [-0.15, -0.1) is 0 Å². The lowest BCUT2D eigenvalue weighted by atomic mass is 10.2. The minimum absolute atomic E-state index is 0.190. The summed E-state index contributed by atoms with van der Waals surface area (Å²) in [7, 11) is 0. The van der Waals surface area contributed by atoms with E-state index >= 15 is 0 Å². The van der Waals surface area contributed by atoms with Crippen LogP contribution in [0.15, 0.2) is 92.6 Å². The predicted molar refractivity (Wildman–Crippen MR) is 160 cm³/mol. The molecule has 5 aromatic heterocycles. The van der Waals surface area contributed by atoms with E-state index in [-0.39, 0.29) is 12.1 Å². The summed E-state index contributed by atoms with van der Waals surface area (Å²) in [4.78, 5) is 43.1. The van der Waals surface area contributed by atoms with E-state index in [9.17, 15) is 9.59 Å². The van der Waals surface area contributed by atoms with Crippen molar-refractivity contribution in [2.45, 2.75) is 13.8 Å². The number of nitrogens with two attached hydrogens (primary N) is 1. The fourth-order valence-corrected chi connectivity index (χ4v) is 5.33. The molecule has 0 aliphatic carbocycles. The van der Waals surface area contributed by atoms with E-state index in [1.807, 2.05) is 31.2 Å². The highest BCUT2D eigenvalue weighted by Gasteiger charge is 2.09. The van der Waals surface area contributed by atoms with Gasteiger partial charge in [-0.05, 0) is 49.2 Å². The zero-order valence-electron chi connectivity index (χ0n) is 21.9. The third-order valence-electron chi connectivity index (χ3n) is 5.51. The number of carbonyl (C=O) groups excluding carboxylic acids is 2. The molecule has 14 heteroatoms. The number of aryl methyl sites for hydroxylation is 2. The van der Waals surface area contributed by atoms with E-state index in [1.165, 1.54) is 71.2 Å². The molecule has 0 aliphatic heterocycles. The number of nitrogen functional groups attached to an aromatic ring is 1. The Balaban J connectivity index is 0.000000129. The molecule has 0 atom stereocenters. The first-order valence-electron chi connectivity index (χ1n) is 12.2. The third kappa shape index (κ3) is 6.87. The van der Waals surface area contributed by atoms with Crippen LogP contribution in [0.4, 0.5) is 19.9 Å². The van der Waals surface area contributed by atoms with Crippen LogP contribution in [0.1, 0.15) is 11.1 Å². The van der Waals surface area contributed by atoms with Crippen LogP contribution >= 0.6 is 22.7 Å². The van der Waals surface area contributed by atoms with Gasteiger partial charge in [0, 0.05) is 37.2 Å². The lowest BCUT2D eigenvalue weighted by Gasteiger charge is -1.99. The van der Waals surface area contributed by atoms with Crippen molar-refractivity contribution in [2.24, 2.45) is 0 Å². The Labute approximate surface area is 241 Å². The Morgan fingerprint density at radius 1 is 0.732 bits per heavy atom. The first kappa shape index (κ1) is 27.4. The van der Waals surface area contributed by atoms with Gasteiger partial charge >= 0.3 is 12.1 Å². The zero-order chi connectivity index (χ0) is 28.8. The number of carbonyl (C=O) groups is 2. The first-order valence-corrected chi connectivity index (χ1v) is 13.8. The lowest BCUT2D eigenvalue weighted by molar-refractivity contribution is 0.243. The van der Waals surface area contributed by atoms with Crippen molar-refractivity contribution < 1.29 is 9.59 Å². The van der Waals surface area contributed by atoms with Crippen LogP contribution in [0.3, 0.4) is 0 Å². The molecule has 0 fully saturated rings. The second-order valence-corrected chi connectivity index (χ2v) is 10.7. The van der Waals surface area contributed by atoms with E-state index in [0.29, 0.717) is 10.3 Å². The highest BCUT2D eigenvalue weighted by atomic mass is 32.1. The molecule has 41 heavy (non-hydrogen) atoms. The lowest BCUT2D eigenvalue weighted by Crippen LogP contribution is -2.17. The van der Waals surface area contributed by atoms with Crippen LogP contribution in [0.25, 0.3) is 20.4 Å². The maximum Gasteiger partial charge on any atom is 0.338 e. The van der Waals surface area contributed by atoms with Crippen LogP contribution in [0.5, 0.6) is 0 Å². The Morgan fingerprint density at radius 2 is 1.24 bits per heavy atom. The maximum absolute atomic E-state index is 11.8. The quantitative estimate of drug-likeness (QED) is 0.251. The molecular formula is C27H24N10O2S2. The van der Waals surface area contributed by atoms with Crippen molar-refractivity contribution in [3.8, 4) is 0 Å². The molecule has 2 aromatic carbocycles. The number of amides is 1. The van der Waals surface area contributed by atoms with E-state index in [1.54, 1.807) is 37.2 Å². The number of fused-ring (bicyclic) bond motifs is 2. The van der Waals surface area contributed by atoms with E-state index < -0.39 is 0 Å². The van der Waals surface area contributed by atoms with Crippen molar-refractivity contribution in [1.29, 1.82) is 0 Å². The number of anilines is 2. The van der Waals surface area contributed by atoms with Gasteiger partial charge in [-0.2, -0.15) is 0 Å². The van der Waals surface area contributed by atoms with Gasteiger partial charge in [0.1, 0.15) is 19.0 Å². The van der Waals surface area contributed by atoms with Gasteiger partial charge < -0.3 is 5.73 Å². The summed E-state index contributed by atoms with van der Waals surface area (Å²) in [5.74, 6) is 0. The second kappa shape index (κ2) is 12.3. The number of hydrogen-bond acceptors (Lipinski definition) is 10. The van der Waals surface area contributed by atoms with Crippen LogP contribution in [0, 0.1) is 13.8 Å². The summed E-state index contributed by atoms with van der Waals surface area (Å²) in [5.41, 5.74) is 9.87. The molecule has 7 aromatic rings. The van der Waals surface area contributed by atoms with Crippen LogP contribution in [0.2, 0.25) is 0 Å². The number of benzene rings is 2. The van der Waals surface area contributed by atoms with E-state index in [2.05, 4.69) is 49.3 Å². The molecule has 3 N–H and O–H groups in total. The molecular weight excluding hydrogens is 560 g/mol. The number of rotatable bonds is 1. The number of nitrogens with one attached hydrogen (secondary N) is 1. The molecule has 0 spiro atoms. The number of aromatic nitrogens is 8. The summed E-state index contributed by atoms with van der Waals surface area (Å²) in [6.07, 6.45) is 13.8. The van der Waals surface area contributed by atoms with E-state index in [0.717, 1.165) is 15.7 Å². The van der Waals surface area contributed by atoms with Gasteiger partial charge in [0.2, 0.25) is 0 Å². The Hall–Kier alpha value is -5.21. The smallest absolute Gasteiger partial charge is 0.338 e. The summed E-state index contributed by atoms with van der Waals surface area (Å²) in [5, 5.41) is 3.98. The number of hydrogen-bond donors (Lipinski definition) is 2. The Bertz CT molecular complexity index is 1850. The fraction of sp³-hybridized carbons (Fsp3) is 0.0741. The monoisotopic (exact) mass is 584 g/mol. The minimum atomic E-state index is -0.261. The largest absolute Gasteiger partial charge is 0.375 e. The summed E-state index contributed by atoms with van der Waals surface area (Å²) >= 11 is 2.99. The SMILES string of the molecule is Cc1ccc2nc(N)sc2c1.Cc1ccc2nc(NC(=O)n3ccnc3)sc2c1.O=C(n1ccnc1)n1ccnc1. The third-order valence-corrected chi connectivity index (χ3v) is 7.29. The Kier molecular flexibility index (Phi) is 8.22. The molecule has 0 aliphatic rings. The topological polar surface area (TPSA) is 151 Å². The molecule has 0 saturated heterocycles. The second-order valence-electron chi connectivity index (χ2n) is 8.64. The predicted octanol–water partition coefficient (Wildman–Crippen LogP) is 5.66. The van der Waals surface area contributed by atoms with Crippen LogP contribution < -0.4 is 11.1 Å². The number of nitrogens with zero attached hydrogens (tertiary/aromatic N) is 8. The van der Waals surface area contributed by atoms with Crippen molar-refractivity contribution in [1.82, 2.24) is 38.6 Å². The molecule has 7 rings (SSSR count). The average molecular weight is 585 g/mol. The standard InChI is InChI=1S/C12H10N4OS.C8H8N2S.C7H6N4O/c1-8-2-3-9-10(6-8)18-11(14-9)15-12(17)16-5-4-13-7-16;1-5-2-3-6-7(4-5)11-8(9)10-6;12-7(10-3-1-8-5-10)11-4-2-9-6-11/h2-7H,1H3,(H,14,15,17);2-4H,1H3,(H2,9,10);1-6H. The average Bonchev–Trinajstić information content (AvgIpc) is 3.79. The molecule has 12 nitrogen and oxygen atoms in total. The zero-order valence-corrected chi connectivity index (χ0v) is 23.6. The molecule has 5 heterocycles.